The normalized spacial score (nSPS) is 26.1. The quantitative estimate of drug-likeness (QED) is 0.671. The highest BCUT2D eigenvalue weighted by molar-refractivity contribution is 7.93. The van der Waals surface area contributed by atoms with Crippen molar-refractivity contribution in [1.82, 2.24) is 25.1 Å². The van der Waals surface area contributed by atoms with Crippen molar-refractivity contribution in [1.29, 1.82) is 0 Å². The van der Waals surface area contributed by atoms with E-state index in [1.807, 2.05) is 26.8 Å². The Morgan fingerprint density at radius 1 is 1.23 bits per heavy atom. The molecule has 0 bridgehead atoms. The lowest BCUT2D eigenvalue weighted by Gasteiger charge is -2.26. The van der Waals surface area contributed by atoms with E-state index in [2.05, 4.69) is 26.0 Å². The third kappa shape index (κ3) is 5.14. The maximum absolute atomic E-state index is 13.2. The Labute approximate surface area is 178 Å². The van der Waals surface area contributed by atoms with Crippen molar-refractivity contribution in [3.8, 4) is 0 Å². The van der Waals surface area contributed by atoms with Gasteiger partial charge in [-0.1, -0.05) is 32.9 Å². The highest BCUT2D eigenvalue weighted by atomic mass is 32.2. The van der Waals surface area contributed by atoms with Crippen LogP contribution in [0.1, 0.15) is 65.2 Å². The van der Waals surface area contributed by atoms with Crippen LogP contribution in [0, 0.1) is 5.92 Å². The molecule has 1 aliphatic heterocycles. The molecule has 0 N–H and O–H groups in total. The lowest BCUT2D eigenvalue weighted by molar-refractivity contribution is -0.134. The van der Waals surface area contributed by atoms with E-state index in [9.17, 15) is 13.8 Å². The van der Waals surface area contributed by atoms with E-state index in [-0.39, 0.29) is 28.9 Å². The van der Waals surface area contributed by atoms with Crippen molar-refractivity contribution in [2.24, 2.45) is 10.3 Å². The molecule has 0 saturated carbocycles. The smallest absolute Gasteiger partial charge is 0.257 e. The summed E-state index contributed by atoms with van der Waals surface area (Å²) < 4.78 is 19.0. The van der Waals surface area contributed by atoms with Crippen molar-refractivity contribution >= 4 is 21.5 Å². The Bertz CT molecular complexity index is 939. The van der Waals surface area contributed by atoms with Crippen LogP contribution in [0.2, 0.25) is 0 Å². The standard InChI is InChI=1S/C20H32N6O3S/c1-15(26-19(20(2,3)4)21-23-24-26)18(28)25-11-8-13-30(29,14-12-25)22-17(27)16-9-6-5-7-10-16/h5-6,15-16H,7-14H2,1-4H3/t15?,16-,30?/m1/s1. The first-order valence-corrected chi connectivity index (χ1v) is 12.4. The Balaban J connectivity index is 1.70. The summed E-state index contributed by atoms with van der Waals surface area (Å²) in [6.45, 7) is 8.57. The maximum Gasteiger partial charge on any atom is 0.257 e. The lowest BCUT2D eigenvalue weighted by Crippen LogP contribution is -2.39. The van der Waals surface area contributed by atoms with Crippen LogP contribution in [0.25, 0.3) is 0 Å². The molecule has 0 aromatic carbocycles. The molecule has 1 aromatic rings. The van der Waals surface area contributed by atoms with Gasteiger partial charge in [-0.05, 0) is 43.0 Å². The summed E-state index contributed by atoms with van der Waals surface area (Å²) in [6, 6.07) is -0.559. The number of carbonyl (C=O) groups is 2. The fraction of sp³-hybridized carbons (Fsp3) is 0.750. The molecule has 9 nitrogen and oxygen atoms in total. The van der Waals surface area contributed by atoms with Crippen LogP contribution in [0.15, 0.2) is 16.5 Å². The molecular weight excluding hydrogens is 404 g/mol. The summed E-state index contributed by atoms with van der Waals surface area (Å²) in [5.41, 5.74) is -0.293. The van der Waals surface area contributed by atoms with Crippen LogP contribution in [0.5, 0.6) is 0 Å². The third-order valence-electron chi connectivity index (χ3n) is 5.65. The lowest BCUT2D eigenvalue weighted by atomic mass is 9.94. The van der Waals surface area contributed by atoms with Gasteiger partial charge in [-0.15, -0.1) is 5.10 Å². The average Bonchev–Trinajstić information content (AvgIpc) is 3.13. The Morgan fingerprint density at radius 3 is 2.67 bits per heavy atom. The zero-order valence-electron chi connectivity index (χ0n) is 18.3. The molecule has 1 aliphatic carbocycles. The highest BCUT2D eigenvalue weighted by Crippen LogP contribution is 2.24. The molecule has 0 radical (unpaired) electrons. The van der Waals surface area contributed by atoms with Crippen LogP contribution < -0.4 is 0 Å². The Hall–Kier alpha value is -2.10. The predicted octanol–water partition coefficient (Wildman–Crippen LogP) is 2.11. The van der Waals surface area contributed by atoms with Gasteiger partial charge in [-0.3, -0.25) is 9.59 Å². The molecule has 2 amide bonds. The van der Waals surface area contributed by atoms with Crippen LogP contribution in [-0.2, 0) is 24.7 Å². The second kappa shape index (κ2) is 8.95. The van der Waals surface area contributed by atoms with Gasteiger partial charge in [0.25, 0.3) is 5.91 Å². The first kappa shape index (κ1) is 22.6. The number of nitrogens with zero attached hydrogens (tertiary/aromatic N) is 6. The first-order valence-electron chi connectivity index (χ1n) is 10.6. The molecule has 3 rings (SSSR count). The summed E-state index contributed by atoms with van der Waals surface area (Å²) in [5.74, 6) is 0.689. The average molecular weight is 437 g/mol. The van der Waals surface area contributed by atoms with E-state index in [4.69, 9.17) is 0 Å². The van der Waals surface area contributed by atoms with E-state index < -0.39 is 15.8 Å². The number of aromatic nitrogens is 4. The molecule has 1 aromatic heterocycles. The summed E-state index contributed by atoms with van der Waals surface area (Å²) in [7, 11) is -2.64. The van der Waals surface area contributed by atoms with E-state index >= 15 is 0 Å². The topological polar surface area (TPSA) is 110 Å². The largest absolute Gasteiger partial charge is 0.340 e. The highest BCUT2D eigenvalue weighted by Gasteiger charge is 2.31. The third-order valence-corrected chi connectivity index (χ3v) is 7.91. The van der Waals surface area contributed by atoms with Gasteiger partial charge in [0.2, 0.25) is 5.91 Å². The van der Waals surface area contributed by atoms with Crippen molar-refractivity contribution in [2.75, 3.05) is 24.6 Å². The van der Waals surface area contributed by atoms with Crippen molar-refractivity contribution in [3.63, 3.8) is 0 Å². The summed E-state index contributed by atoms with van der Waals surface area (Å²) in [4.78, 5) is 27.3. The number of tetrazole rings is 1. The number of rotatable bonds is 3. The minimum absolute atomic E-state index is 0.111. The molecule has 1 saturated heterocycles. The number of hydrogen-bond acceptors (Lipinski definition) is 6. The zero-order valence-corrected chi connectivity index (χ0v) is 19.1. The van der Waals surface area contributed by atoms with E-state index in [1.165, 1.54) is 0 Å². The van der Waals surface area contributed by atoms with Gasteiger partial charge in [0.05, 0.1) is 9.73 Å². The van der Waals surface area contributed by atoms with Crippen LogP contribution in [0.3, 0.4) is 0 Å². The van der Waals surface area contributed by atoms with Gasteiger partial charge in [-0.2, -0.15) is 4.36 Å². The molecule has 2 aliphatic rings. The van der Waals surface area contributed by atoms with Crippen molar-refractivity contribution in [2.45, 2.75) is 64.8 Å². The summed E-state index contributed by atoms with van der Waals surface area (Å²) >= 11 is 0. The van der Waals surface area contributed by atoms with Gasteiger partial charge in [-0.25, -0.2) is 8.89 Å². The van der Waals surface area contributed by atoms with Gasteiger partial charge >= 0.3 is 0 Å². The molecule has 166 valence electrons. The minimum Gasteiger partial charge on any atom is -0.340 e. The minimum atomic E-state index is -2.64. The van der Waals surface area contributed by atoms with Crippen LogP contribution in [0.4, 0.5) is 0 Å². The van der Waals surface area contributed by atoms with E-state index in [1.54, 1.807) is 16.5 Å². The second-order valence-electron chi connectivity index (χ2n) is 9.14. The number of carbonyl (C=O) groups excluding carboxylic acids is 2. The molecule has 10 heteroatoms. The molecular formula is C20H32N6O3S. The van der Waals surface area contributed by atoms with Gasteiger partial charge in [0.1, 0.15) is 6.04 Å². The molecule has 30 heavy (non-hydrogen) atoms. The second-order valence-corrected chi connectivity index (χ2v) is 11.7. The number of allylic oxidation sites excluding steroid dienone is 2. The van der Waals surface area contributed by atoms with Gasteiger partial charge in [0.15, 0.2) is 5.82 Å². The fourth-order valence-corrected chi connectivity index (χ4v) is 5.78. The van der Waals surface area contributed by atoms with Gasteiger partial charge in [0, 0.05) is 35.9 Å². The van der Waals surface area contributed by atoms with Gasteiger partial charge < -0.3 is 4.90 Å². The van der Waals surface area contributed by atoms with Crippen molar-refractivity contribution < 1.29 is 13.8 Å². The Kier molecular flexibility index (Phi) is 6.74. The van der Waals surface area contributed by atoms with E-state index in [0.717, 1.165) is 12.8 Å². The molecule has 3 atom stereocenters. The summed E-state index contributed by atoms with van der Waals surface area (Å²) in [5, 5.41) is 11.9. The molecule has 2 unspecified atom stereocenters. The maximum atomic E-state index is 13.2. The monoisotopic (exact) mass is 436 g/mol. The Morgan fingerprint density at radius 2 is 2.00 bits per heavy atom. The fourth-order valence-electron chi connectivity index (χ4n) is 3.83. The van der Waals surface area contributed by atoms with Crippen LogP contribution in [-0.4, -0.2) is 65.7 Å². The molecule has 1 fully saturated rings. The number of amides is 2. The summed E-state index contributed by atoms with van der Waals surface area (Å²) in [6.07, 6.45) is 6.91. The van der Waals surface area contributed by atoms with Crippen LogP contribution >= 0.6 is 0 Å². The van der Waals surface area contributed by atoms with Crippen molar-refractivity contribution in [3.05, 3.63) is 18.0 Å². The SMILES string of the molecule is CC(C(=O)N1CCCS(=O)(=NC(=O)[C@@H]2CC=CCC2)CC1)n1nnnc1C(C)(C)C. The first-order chi connectivity index (χ1) is 14.1. The van der Waals surface area contributed by atoms with E-state index in [0.29, 0.717) is 37.5 Å². The predicted molar refractivity (Wildman–Crippen MR) is 114 cm³/mol. The molecule has 0 spiro atoms. The zero-order chi connectivity index (χ0) is 21.9. The molecule has 2 heterocycles. The number of hydrogen-bond donors (Lipinski definition) is 0.